The lowest BCUT2D eigenvalue weighted by Gasteiger charge is -2.35. The Kier molecular flexibility index (Phi) is 5.32. The molecule has 2 N–H and O–H groups in total. The van der Waals surface area contributed by atoms with Gasteiger partial charge in [0, 0.05) is 32.2 Å². The first-order valence-corrected chi connectivity index (χ1v) is 8.98. The first-order valence-electron chi connectivity index (χ1n) is 8.60. The highest BCUT2D eigenvalue weighted by Crippen LogP contribution is 2.30. The van der Waals surface area contributed by atoms with E-state index in [-0.39, 0.29) is 11.8 Å². The number of anilines is 1. The molecule has 0 atom stereocenters. The second-order valence-corrected chi connectivity index (χ2v) is 6.89. The molecule has 1 aromatic heterocycles. The van der Waals surface area contributed by atoms with Gasteiger partial charge >= 0.3 is 0 Å². The lowest BCUT2D eigenvalue weighted by molar-refractivity contribution is 0.0532. The maximum atomic E-state index is 12.9. The minimum Gasteiger partial charge on any atom is -0.496 e. The largest absolute Gasteiger partial charge is 0.496 e. The van der Waals surface area contributed by atoms with E-state index in [2.05, 4.69) is 0 Å². The quantitative estimate of drug-likeness (QED) is 0.812. The number of halogens is 1. The molecule has 3 rings (SSSR count). The number of aryl methyl sites for hydroxylation is 2. The monoisotopic (exact) mass is 391 g/mol. The van der Waals surface area contributed by atoms with Gasteiger partial charge in [0.05, 0.1) is 28.9 Å². The number of hydrogen-bond acceptors (Lipinski definition) is 5. The molecule has 0 saturated carbocycles. The topological polar surface area (TPSA) is 89.0 Å². The van der Waals surface area contributed by atoms with Crippen molar-refractivity contribution in [3.8, 4) is 5.75 Å². The fraction of sp³-hybridized carbons (Fsp3) is 0.368. The molecule has 1 aromatic carbocycles. The van der Waals surface area contributed by atoms with Gasteiger partial charge in [0.2, 0.25) is 0 Å². The Labute approximate surface area is 162 Å². The number of nitrogens with two attached hydrogens (primary N) is 1. The third kappa shape index (κ3) is 3.73. The third-order valence-corrected chi connectivity index (χ3v) is 5.00. The Balaban J connectivity index is 1.71. The summed E-state index contributed by atoms with van der Waals surface area (Å²) in [6, 6.07) is 4.81. The van der Waals surface area contributed by atoms with E-state index in [1.165, 1.54) is 13.2 Å². The van der Waals surface area contributed by atoms with Gasteiger partial charge in [-0.1, -0.05) is 11.6 Å². The van der Waals surface area contributed by atoms with Crippen molar-refractivity contribution in [3.05, 3.63) is 45.9 Å². The summed E-state index contributed by atoms with van der Waals surface area (Å²) in [5.41, 5.74) is 7.06. The number of methoxy groups -OCH3 is 1. The number of carbonyl (C=O) groups excluding carboxylic acids is 2. The highest BCUT2D eigenvalue weighted by atomic mass is 35.5. The maximum absolute atomic E-state index is 12.9. The highest BCUT2D eigenvalue weighted by molar-refractivity contribution is 6.33. The van der Waals surface area contributed by atoms with Gasteiger partial charge in [0.15, 0.2) is 0 Å². The van der Waals surface area contributed by atoms with Gasteiger partial charge in [-0.05, 0) is 26.0 Å². The summed E-state index contributed by atoms with van der Waals surface area (Å²) in [5.74, 6) is 1.42. The van der Waals surface area contributed by atoms with Crippen molar-refractivity contribution in [1.82, 2.24) is 9.80 Å². The molecule has 1 aliphatic rings. The van der Waals surface area contributed by atoms with Crippen molar-refractivity contribution in [2.45, 2.75) is 13.8 Å². The molecule has 0 aliphatic carbocycles. The molecule has 27 heavy (non-hydrogen) atoms. The molecule has 1 fully saturated rings. The van der Waals surface area contributed by atoms with Crippen molar-refractivity contribution in [2.24, 2.45) is 0 Å². The van der Waals surface area contributed by atoms with Crippen LogP contribution in [0.2, 0.25) is 5.02 Å². The van der Waals surface area contributed by atoms with Crippen LogP contribution in [0.25, 0.3) is 0 Å². The maximum Gasteiger partial charge on any atom is 0.257 e. The van der Waals surface area contributed by atoms with Crippen molar-refractivity contribution in [3.63, 3.8) is 0 Å². The molecule has 2 aromatic rings. The molecule has 7 nitrogen and oxygen atoms in total. The Hall–Kier alpha value is -2.67. The van der Waals surface area contributed by atoms with Crippen molar-refractivity contribution in [2.75, 3.05) is 39.0 Å². The van der Waals surface area contributed by atoms with E-state index in [4.69, 9.17) is 26.5 Å². The second kappa shape index (κ2) is 7.52. The molecule has 0 spiro atoms. The second-order valence-electron chi connectivity index (χ2n) is 6.49. The standard InChI is InChI=1S/C19H22ClN3O4/c1-11-8-13(12(2)27-11)18(24)22-4-6-23(7-5-22)19(25)14-9-15(20)16(21)10-17(14)26-3/h8-10H,4-7,21H2,1-3H3. The fourth-order valence-corrected chi connectivity index (χ4v) is 3.37. The van der Waals surface area contributed by atoms with E-state index >= 15 is 0 Å². The zero-order valence-electron chi connectivity index (χ0n) is 15.5. The van der Waals surface area contributed by atoms with Crippen molar-refractivity contribution >= 4 is 29.1 Å². The van der Waals surface area contributed by atoms with E-state index in [0.717, 1.165) is 0 Å². The van der Waals surface area contributed by atoms with E-state index in [1.54, 1.807) is 28.9 Å². The fourth-order valence-electron chi connectivity index (χ4n) is 3.20. The van der Waals surface area contributed by atoms with Crippen LogP contribution < -0.4 is 10.5 Å². The summed E-state index contributed by atoms with van der Waals surface area (Å²) < 4.78 is 10.7. The van der Waals surface area contributed by atoms with Gasteiger partial charge in [-0.2, -0.15) is 0 Å². The van der Waals surface area contributed by atoms with Crippen LogP contribution in [0.15, 0.2) is 22.6 Å². The van der Waals surface area contributed by atoms with Crippen molar-refractivity contribution < 1.29 is 18.7 Å². The molecule has 1 saturated heterocycles. The number of ether oxygens (including phenoxy) is 1. The van der Waals surface area contributed by atoms with Crippen LogP contribution in [0.1, 0.15) is 32.2 Å². The molecule has 2 amide bonds. The van der Waals surface area contributed by atoms with Gasteiger partial charge in [0.1, 0.15) is 17.3 Å². The molecule has 0 radical (unpaired) electrons. The molecule has 8 heteroatoms. The van der Waals surface area contributed by atoms with Crippen LogP contribution in [-0.2, 0) is 0 Å². The number of nitrogens with zero attached hydrogens (tertiary/aromatic N) is 2. The molecular formula is C19H22ClN3O4. The first-order chi connectivity index (χ1) is 12.8. The Bertz CT molecular complexity index is 885. The third-order valence-electron chi connectivity index (χ3n) is 4.67. The number of furan rings is 1. The van der Waals surface area contributed by atoms with Gasteiger partial charge in [-0.3, -0.25) is 9.59 Å². The van der Waals surface area contributed by atoms with Crippen LogP contribution in [0.5, 0.6) is 5.75 Å². The predicted molar refractivity (Wildman–Crippen MR) is 102 cm³/mol. The van der Waals surface area contributed by atoms with Crippen LogP contribution >= 0.6 is 11.6 Å². The van der Waals surface area contributed by atoms with Crippen LogP contribution in [0, 0.1) is 13.8 Å². The molecule has 144 valence electrons. The van der Waals surface area contributed by atoms with Gasteiger partial charge in [0.25, 0.3) is 11.8 Å². The zero-order chi connectivity index (χ0) is 19.7. The summed E-state index contributed by atoms with van der Waals surface area (Å²) in [5, 5.41) is 0.304. The van der Waals surface area contributed by atoms with Gasteiger partial charge in [-0.15, -0.1) is 0 Å². The molecular weight excluding hydrogens is 370 g/mol. The number of amides is 2. The molecule has 2 heterocycles. The highest BCUT2D eigenvalue weighted by Gasteiger charge is 2.28. The van der Waals surface area contributed by atoms with Gasteiger partial charge in [-0.25, -0.2) is 0 Å². The normalized spacial score (nSPS) is 14.4. The van der Waals surface area contributed by atoms with E-state index in [9.17, 15) is 9.59 Å². The zero-order valence-corrected chi connectivity index (χ0v) is 16.3. The average molecular weight is 392 g/mol. The van der Waals surface area contributed by atoms with Gasteiger partial charge < -0.3 is 24.7 Å². The summed E-state index contributed by atoms with van der Waals surface area (Å²) in [6.07, 6.45) is 0. The van der Waals surface area contributed by atoms with E-state index < -0.39 is 0 Å². The average Bonchev–Trinajstić information content (AvgIpc) is 3.00. The first kappa shape index (κ1) is 19.1. The lowest BCUT2D eigenvalue weighted by Crippen LogP contribution is -2.50. The van der Waals surface area contributed by atoms with Crippen LogP contribution in [0.4, 0.5) is 5.69 Å². The Morgan fingerprint density at radius 2 is 1.59 bits per heavy atom. The number of hydrogen-bond donors (Lipinski definition) is 1. The molecule has 0 bridgehead atoms. The minimum absolute atomic E-state index is 0.0791. The number of piperazine rings is 1. The Morgan fingerprint density at radius 1 is 1.04 bits per heavy atom. The molecule has 0 unspecified atom stereocenters. The number of carbonyl (C=O) groups is 2. The Morgan fingerprint density at radius 3 is 2.07 bits per heavy atom. The smallest absolute Gasteiger partial charge is 0.257 e. The number of nitrogen functional groups attached to an aromatic ring is 1. The number of benzene rings is 1. The summed E-state index contributed by atoms with van der Waals surface area (Å²) >= 11 is 6.06. The summed E-state index contributed by atoms with van der Waals surface area (Å²) in [4.78, 5) is 29.0. The SMILES string of the molecule is COc1cc(N)c(Cl)cc1C(=O)N1CCN(C(=O)c2cc(C)oc2C)CC1. The summed E-state index contributed by atoms with van der Waals surface area (Å²) in [7, 11) is 1.48. The predicted octanol–water partition coefficient (Wildman–Crippen LogP) is 2.74. The van der Waals surface area contributed by atoms with E-state index in [0.29, 0.717) is 65.3 Å². The molecule has 1 aliphatic heterocycles. The van der Waals surface area contributed by atoms with Crippen molar-refractivity contribution in [1.29, 1.82) is 0 Å². The van der Waals surface area contributed by atoms with Crippen LogP contribution in [0.3, 0.4) is 0 Å². The lowest BCUT2D eigenvalue weighted by atomic mass is 10.1. The van der Waals surface area contributed by atoms with E-state index in [1.807, 2.05) is 6.92 Å². The number of rotatable bonds is 3. The minimum atomic E-state index is -0.198. The van der Waals surface area contributed by atoms with Crippen LogP contribution in [-0.4, -0.2) is 54.9 Å². The summed E-state index contributed by atoms with van der Waals surface area (Å²) in [6.45, 7) is 5.32.